The quantitative estimate of drug-likeness (QED) is 0.857. The summed E-state index contributed by atoms with van der Waals surface area (Å²) in [4.78, 5) is 11.9. The highest BCUT2D eigenvalue weighted by Crippen LogP contribution is 2.40. The van der Waals surface area contributed by atoms with Gasteiger partial charge in [-0.25, -0.2) is 4.98 Å². The van der Waals surface area contributed by atoms with Crippen molar-refractivity contribution in [2.24, 2.45) is 0 Å². The number of hydrogen-bond donors (Lipinski definition) is 2. The van der Waals surface area contributed by atoms with Crippen LogP contribution < -0.4 is 10.2 Å². The molecule has 1 atom stereocenters. The maximum absolute atomic E-state index is 9.81. The first kappa shape index (κ1) is 17.3. The summed E-state index contributed by atoms with van der Waals surface area (Å²) >= 11 is 0. The molecule has 1 aliphatic heterocycles. The highest BCUT2D eigenvalue weighted by molar-refractivity contribution is 5.50. The zero-order chi connectivity index (χ0) is 18.3. The Morgan fingerprint density at radius 3 is 2.62 bits per heavy atom. The van der Waals surface area contributed by atoms with Gasteiger partial charge in [0.1, 0.15) is 5.82 Å². The van der Waals surface area contributed by atoms with Gasteiger partial charge < -0.3 is 15.3 Å². The second-order valence-electron chi connectivity index (χ2n) is 7.92. The first-order valence-corrected chi connectivity index (χ1v) is 9.70. The van der Waals surface area contributed by atoms with Crippen LogP contribution in [-0.4, -0.2) is 27.7 Å². The van der Waals surface area contributed by atoms with Crippen molar-refractivity contribution >= 4 is 11.8 Å². The van der Waals surface area contributed by atoms with Gasteiger partial charge in [0, 0.05) is 31.1 Å². The van der Waals surface area contributed by atoms with E-state index in [4.69, 9.17) is 9.97 Å². The summed E-state index contributed by atoms with van der Waals surface area (Å²) in [5.74, 6) is 2.38. The van der Waals surface area contributed by atoms with Crippen LogP contribution in [0.1, 0.15) is 68.0 Å². The van der Waals surface area contributed by atoms with E-state index >= 15 is 0 Å². The summed E-state index contributed by atoms with van der Waals surface area (Å²) in [5, 5.41) is 13.2. The third kappa shape index (κ3) is 3.68. The molecule has 1 aromatic heterocycles. The van der Waals surface area contributed by atoms with Crippen molar-refractivity contribution in [1.82, 2.24) is 9.97 Å². The van der Waals surface area contributed by atoms with Gasteiger partial charge in [0.15, 0.2) is 0 Å². The third-order valence-corrected chi connectivity index (χ3v) is 5.19. The molecule has 4 rings (SSSR count). The Hall–Kier alpha value is -2.14. The summed E-state index contributed by atoms with van der Waals surface area (Å²) < 4.78 is 0. The van der Waals surface area contributed by atoms with E-state index in [0.717, 1.165) is 36.8 Å². The predicted molar refractivity (Wildman–Crippen MR) is 105 cm³/mol. The van der Waals surface area contributed by atoms with E-state index in [-0.39, 0.29) is 0 Å². The first-order chi connectivity index (χ1) is 12.5. The molecule has 0 spiro atoms. The van der Waals surface area contributed by atoms with E-state index in [2.05, 4.69) is 42.3 Å². The summed E-state index contributed by atoms with van der Waals surface area (Å²) in [5.41, 5.74) is 4.84. The second kappa shape index (κ2) is 6.88. The minimum absolute atomic E-state index is 0.318. The highest BCUT2D eigenvalue weighted by Gasteiger charge is 2.28. The fourth-order valence-corrected chi connectivity index (χ4v) is 3.55. The van der Waals surface area contributed by atoms with Crippen molar-refractivity contribution in [3.05, 3.63) is 46.6 Å². The topological polar surface area (TPSA) is 61.3 Å². The minimum atomic E-state index is -0.411. The number of nitrogens with zero attached hydrogens (tertiary/aromatic N) is 3. The lowest BCUT2D eigenvalue weighted by Gasteiger charge is -2.31. The molecule has 0 radical (unpaired) electrons. The average Bonchev–Trinajstić information content (AvgIpc) is 3.45. The number of fused-ring (bicyclic) bond motifs is 1. The van der Waals surface area contributed by atoms with Crippen LogP contribution in [0.25, 0.3) is 0 Å². The van der Waals surface area contributed by atoms with Crippen molar-refractivity contribution in [3.63, 3.8) is 0 Å². The zero-order valence-electron chi connectivity index (χ0n) is 15.9. The van der Waals surface area contributed by atoms with Crippen LogP contribution in [-0.2, 0) is 13.0 Å². The molecular formula is C21H28N4O. The van der Waals surface area contributed by atoms with Gasteiger partial charge >= 0.3 is 0 Å². The molecule has 5 heteroatoms. The number of benzene rings is 1. The van der Waals surface area contributed by atoms with Crippen molar-refractivity contribution in [1.29, 1.82) is 0 Å². The normalized spacial score (nSPS) is 18.0. The van der Waals surface area contributed by atoms with Gasteiger partial charge in [-0.2, -0.15) is 4.98 Å². The van der Waals surface area contributed by atoms with Crippen molar-refractivity contribution in [2.45, 2.75) is 64.6 Å². The van der Waals surface area contributed by atoms with E-state index in [9.17, 15) is 5.11 Å². The van der Waals surface area contributed by atoms with Crippen LogP contribution in [0.5, 0.6) is 0 Å². The average molecular weight is 352 g/mol. The summed E-state index contributed by atoms with van der Waals surface area (Å²) in [6, 6.07) is 8.84. The van der Waals surface area contributed by atoms with Gasteiger partial charge in [-0.15, -0.1) is 0 Å². The van der Waals surface area contributed by atoms with E-state index in [1.54, 1.807) is 0 Å². The molecule has 0 unspecified atom stereocenters. The summed E-state index contributed by atoms with van der Waals surface area (Å²) in [7, 11) is 0. The second-order valence-corrected chi connectivity index (χ2v) is 7.92. The van der Waals surface area contributed by atoms with Gasteiger partial charge in [-0.3, -0.25) is 0 Å². The van der Waals surface area contributed by atoms with Crippen LogP contribution in [0.4, 0.5) is 11.8 Å². The fourth-order valence-electron chi connectivity index (χ4n) is 3.55. The van der Waals surface area contributed by atoms with Crippen LogP contribution in [0.2, 0.25) is 0 Å². The molecule has 1 aliphatic carbocycles. The molecule has 1 fully saturated rings. The zero-order valence-corrected chi connectivity index (χ0v) is 15.9. The molecule has 5 nitrogen and oxygen atoms in total. The SMILES string of the molecule is CC(C)Nc1nc(C2CC2)cc(N2CCc3cc([C@@H](C)O)ccc3C2)n1. The maximum atomic E-state index is 9.81. The lowest BCUT2D eigenvalue weighted by molar-refractivity contribution is 0.199. The Morgan fingerprint density at radius 1 is 1.12 bits per heavy atom. The number of aliphatic hydroxyl groups is 1. The van der Waals surface area contributed by atoms with E-state index in [0.29, 0.717) is 12.0 Å². The molecule has 2 heterocycles. The molecule has 1 aromatic carbocycles. The molecule has 2 N–H and O–H groups in total. The van der Waals surface area contributed by atoms with Gasteiger partial charge in [0.05, 0.1) is 11.8 Å². The smallest absolute Gasteiger partial charge is 0.225 e. The lowest BCUT2D eigenvalue weighted by atomic mass is 9.96. The summed E-state index contributed by atoms with van der Waals surface area (Å²) in [6.07, 6.45) is 3.04. The molecule has 0 amide bonds. The molecule has 0 bridgehead atoms. The maximum Gasteiger partial charge on any atom is 0.225 e. The van der Waals surface area contributed by atoms with E-state index in [1.165, 1.54) is 29.7 Å². The molecule has 2 aliphatic rings. The van der Waals surface area contributed by atoms with Crippen molar-refractivity contribution in [2.75, 3.05) is 16.8 Å². The third-order valence-electron chi connectivity index (χ3n) is 5.19. The van der Waals surface area contributed by atoms with Gasteiger partial charge in [0.25, 0.3) is 0 Å². The molecule has 26 heavy (non-hydrogen) atoms. The molecular weight excluding hydrogens is 324 g/mol. The number of nitrogens with one attached hydrogen (secondary N) is 1. The standard InChI is InChI=1S/C21H28N4O/c1-13(2)22-21-23-19(15-4-5-15)11-20(24-21)25-9-8-17-10-16(14(3)26)6-7-18(17)12-25/h6-7,10-11,13-15,26H,4-5,8-9,12H2,1-3H3,(H,22,23,24)/t14-/m1/s1. The van der Waals surface area contributed by atoms with Crippen LogP contribution in [0.3, 0.4) is 0 Å². The van der Waals surface area contributed by atoms with Crippen LogP contribution >= 0.6 is 0 Å². The number of anilines is 2. The van der Waals surface area contributed by atoms with Crippen molar-refractivity contribution in [3.8, 4) is 0 Å². The summed E-state index contributed by atoms with van der Waals surface area (Å²) in [6.45, 7) is 7.85. The minimum Gasteiger partial charge on any atom is -0.389 e. The van der Waals surface area contributed by atoms with E-state index in [1.807, 2.05) is 13.0 Å². The van der Waals surface area contributed by atoms with Crippen LogP contribution in [0.15, 0.2) is 24.3 Å². The number of rotatable bonds is 5. The Balaban J connectivity index is 1.60. The molecule has 2 aromatic rings. The van der Waals surface area contributed by atoms with Crippen molar-refractivity contribution < 1.29 is 5.11 Å². The predicted octanol–water partition coefficient (Wildman–Crippen LogP) is 3.79. The Kier molecular flexibility index (Phi) is 4.57. The number of hydrogen-bond acceptors (Lipinski definition) is 5. The van der Waals surface area contributed by atoms with Gasteiger partial charge in [-0.05, 0) is 56.7 Å². The Morgan fingerprint density at radius 2 is 1.92 bits per heavy atom. The lowest BCUT2D eigenvalue weighted by Crippen LogP contribution is -2.31. The molecule has 138 valence electrons. The Labute approximate surface area is 155 Å². The monoisotopic (exact) mass is 352 g/mol. The Bertz CT molecular complexity index is 799. The van der Waals surface area contributed by atoms with Gasteiger partial charge in [0.2, 0.25) is 5.95 Å². The first-order valence-electron chi connectivity index (χ1n) is 9.70. The largest absolute Gasteiger partial charge is 0.389 e. The fraction of sp³-hybridized carbons (Fsp3) is 0.524. The number of aromatic nitrogens is 2. The van der Waals surface area contributed by atoms with Crippen LogP contribution in [0, 0.1) is 0 Å². The highest BCUT2D eigenvalue weighted by atomic mass is 16.3. The molecule has 1 saturated carbocycles. The number of aliphatic hydroxyl groups excluding tert-OH is 1. The molecule has 0 saturated heterocycles. The van der Waals surface area contributed by atoms with E-state index < -0.39 is 6.10 Å². The van der Waals surface area contributed by atoms with Gasteiger partial charge in [-0.1, -0.05) is 18.2 Å².